The minimum Gasteiger partial charge on any atom is -0.493 e. The van der Waals surface area contributed by atoms with Crippen LogP contribution in [-0.4, -0.2) is 40.8 Å². The Hall–Kier alpha value is -2.45. The van der Waals surface area contributed by atoms with E-state index in [1.165, 1.54) is 14.2 Å². The van der Waals surface area contributed by atoms with Crippen LogP contribution in [0, 0.1) is 6.92 Å². The lowest BCUT2D eigenvalue weighted by Crippen LogP contribution is -2.47. The standard InChI is InChI=1S/C20H25ClN2O5S/c1-6-16(20(24)22-15-9-10-18(27-3)19(12-15)28-4)23(29(5,25)26)17-11-14(21)8-7-13(17)2/h7-12,16H,6H2,1-5H3,(H,22,24). The SMILES string of the molecule is CCC(C(=O)Nc1ccc(OC)c(OC)c1)N(c1cc(Cl)ccc1C)S(C)(=O)=O. The number of anilines is 2. The van der Waals surface area contributed by atoms with E-state index in [-0.39, 0.29) is 6.42 Å². The van der Waals surface area contributed by atoms with Crippen molar-refractivity contribution < 1.29 is 22.7 Å². The first-order valence-corrected chi connectivity index (χ1v) is 11.1. The second-order valence-electron chi connectivity index (χ2n) is 6.47. The molecule has 158 valence electrons. The molecule has 0 heterocycles. The number of aryl methyl sites for hydroxylation is 1. The summed E-state index contributed by atoms with van der Waals surface area (Å²) in [6, 6.07) is 8.89. The summed E-state index contributed by atoms with van der Waals surface area (Å²) >= 11 is 6.08. The minimum absolute atomic E-state index is 0.262. The van der Waals surface area contributed by atoms with Gasteiger partial charge in [-0.3, -0.25) is 9.10 Å². The van der Waals surface area contributed by atoms with Crippen LogP contribution < -0.4 is 19.1 Å². The topological polar surface area (TPSA) is 84.9 Å². The van der Waals surface area contributed by atoms with Gasteiger partial charge < -0.3 is 14.8 Å². The normalized spacial score (nSPS) is 12.2. The molecule has 1 amide bonds. The molecule has 7 nitrogen and oxygen atoms in total. The zero-order valence-corrected chi connectivity index (χ0v) is 18.6. The molecule has 0 spiro atoms. The van der Waals surface area contributed by atoms with Crippen LogP contribution >= 0.6 is 11.6 Å². The number of sulfonamides is 1. The van der Waals surface area contributed by atoms with Gasteiger partial charge in [-0.1, -0.05) is 24.6 Å². The number of benzene rings is 2. The van der Waals surface area contributed by atoms with Crippen molar-refractivity contribution in [3.8, 4) is 11.5 Å². The number of amides is 1. The molecule has 1 atom stereocenters. The first kappa shape index (κ1) is 22.8. The fourth-order valence-electron chi connectivity index (χ4n) is 2.99. The molecule has 0 radical (unpaired) electrons. The Labute approximate surface area is 176 Å². The van der Waals surface area contributed by atoms with Crippen LogP contribution in [0.5, 0.6) is 11.5 Å². The average molecular weight is 441 g/mol. The van der Waals surface area contributed by atoms with Gasteiger partial charge in [0.25, 0.3) is 0 Å². The predicted molar refractivity (Wildman–Crippen MR) is 116 cm³/mol. The molecule has 1 unspecified atom stereocenters. The zero-order chi connectivity index (χ0) is 21.8. The van der Waals surface area contributed by atoms with Crippen molar-refractivity contribution in [1.29, 1.82) is 0 Å². The van der Waals surface area contributed by atoms with E-state index in [1.807, 2.05) is 0 Å². The van der Waals surface area contributed by atoms with Crippen LogP contribution in [0.15, 0.2) is 36.4 Å². The molecule has 0 saturated heterocycles. The van der Waals surface area contributed by atoms with Crippen molar-refractivity contribution in [2.75, 3.05) is 30.1 Å². The van der Waals surface area contributed by atoms with Gasteiger partial charge in [-0.05, 0) is 43.2 Å². The van der Waals surface area contributed by atoms with Crippen molar-refractivity contribution in [2.24, 2.45) is 0 Å². The first-order chi connectivity index (χ1) is 13.6. The fraction of sp³-hybridized carbons (Fsp3) is 0.350. The number of rotatable bonds is 8. The van der Waals surface area contributed by atoms with Crippen LogP contribution in [0.3, 0.4) is 0 Å². The molecular formula is C20H25ClN2O5S. The molecule has 2 aromatic carbocycles. The van der Waals surface area contributed by atoms with Gasteiger partial charge in [0, 0.05) is 16.8 Å². The molecule has 0 aliphatic heterocycles. The lowest BCUT2D eigenvalue weighted by Gasteiger charge is -2.31. The van der Waals surface area contributed by atoms with Crippen LogP contribution in [-0.2, 0) is 14.8 Å². The third-order valence-electron chi connectivity index (χ3n) is 4.39. The summed E-state index contributed by atoms with van der Waals surface area (Å²) in [5.41, 5.74) is 1.52. The highest BCUT2D eigenvalue weighted by Gasteiger charge is 2.32. The van der Waals surface area contributed by atoms with E-state index in [0.717, 1.165) is 10.6 Å². The number of carbonyl (C=O) groups is 1. The Bertz CT molecular complexity index is 994. The number of carbonyl (C=O) groups excluding carboxylic acids is 1. The van der Waals surface area contributed by atoms with Crippen molar-refractivity contribution in [2.45, 2.75) is 26.3 Å². The smallest absolute Gasteiger partial charge is 0.248 e. The number of methoxy groups -OCH3 is 2. The maximum Gasteiger partial charge on any atom is 0.248 e. The van der Waals surface area contributed by atoms with E-state index < -0.39 is 22.0 Å². The molecule has 0 aromatic heterocycles. The Kier molecular flexibility index (Phi) is 7.37. The zero-order valence-electron chi connectivity index (χ0n) is 17.0. The third kappa shape index (κ3) is 5.33. The number of nitrogens with one attached hydrogen (secondary N) is 1. The number of nitrogens with zero attached hydrogens (tertiary/aromatic N) is 1. The van der Waals surface area contributed by atoms with E-state index >= 15 is 0 Å². The van der Waals surface area contributed by atoms with Crippen molar-refractivity contribution in [1.82, 2.24) is 0 Å². The van der Waals surface area contributed by atoms with Crippen molar-refractivity contribution in [3.05, 3.63) is 47.0 Å². The summed E-state index contributed by atoms with van der Waals surface area (Å²) in [4.78, 5) is 13.0. The van der Waals surface area contributed by atoms with E-state index in [9.17, 15) is 13.2 Å². The molecule has 0 fully saturated rings. The lowest BCUT2D eigenvalue weighted by atomic mass is 10.1. The molecule has 2 rings (SSSR count). The highest BCUT2D eigenvalue weighted by atomic mass is 35.5. The molecule has 0 aliphatic rings. The molecule has 29 heavy (non-hydrogen) atoms. The molecule has 0 bridgehead atoms. The van der Waals surface area contributed by atoms with Crippen LogP contribution in [0.1, 0.15) is 18.9 Å². The Morgan fingerprint density at radius 2 is 1.79 bits per heavy atom. The van der Waals surface area contributed by atoms with Crippen LogP contribution in [0.25, 0.3) is 0 Å². The quantitative estimate of drug-likeness (QED) is 0.673. The first-order valence-electron chi connectivity index (χ1n) is 8.90. The fourth-order valence-corrected chi connectivity index (χ4v) is 4.42. The molecule has 2 aromatic rings. The van der Waals surface area contributed by atoms with Crippen LogP contribution in [0.4, 0.5) is 11.4 Å². The summed E-state index contributed by atoms with van der Waals surface area (Å²) < 4.78 is 36.8. The van der Waals surface area contributed by atoms with E-state index in [4.69, 9.17) is 21.1 Å². The van der Waals surface area contributed by atoms with Gasteiger partial charge in [-0.25, -0.2) is 8.42 Å². The second kappa shape index (κ2) is 9.37. The Morgan fingerprint density at radius 1 is 1.14 bits per heavy atom. The summed E-state index contributed by atoms with van der Waals surface area (Å²) in [7, 11) is -0.754. The lowest BCUT2D eigenvalue weighted by molar-refractivity contribution is -0.117. The largest absolute Gasteiger partial charge is 0.493 e. The summed E-state index contributed by atoms with van der Waals surface area (Å²) in [5.74, 6) is 0.498. The maximum atomic E-state index is 13.0. The Morgan fingerprint density at radius 3 is 2.34 bits per heavy atom. The van der Waals surface area contributed by atoms with Gasteiger partial charge in [0.05, 0.1) is 26.2 Å². The molecule has 0 saturated carbocycles. The molecular weight excluding hydrogens is 416 g/mol. The third-order valence-corrected chi connectivity index (χ3v) is 5.79. The maximum absolute atomic E-state index is 13.0. The van der Waals surface area contributed by atoms with Crippen LogP contribution in [0.2, 0.25) is 5.02 Å². The number of hydrogen-bond donors (Lipinski definition) is 1. The van der Waals surface area contributed by atoms with Crippen molar-refractivity contribution >= 4 is 38.9 Å². The monoisotopic (exact) mass is 440 g/mol. The highest BCUT2D eigenvalue weighted by molar-refractivity contribution is 7.92. The highest BCUT2D eigenvalue weighted by Crippen LogP contribution is 2.32. The van der Waals surface area contributed by atoms with Gasteiger partial charge >= 0.3 is 0 Å². The number of ether oxygens (including phenoxy) is 2. The van der Waals surface area contributed by atoms with Gasteiger partial charge in [0.1, 0.15) is 6.04 Å². The molecule has 0 aliphatic carbocycles. The van der Waals surface area contributed by atoms with Gasteiger partial charge in [0.2, 0.25) is 15.9 Å². The predicted octanol–water partition coefficient (Wildman–Crippen LogP) is 3.85. The Balaban J connectivity index is 2.43. The van der Waals surface area contributed by atoms with Crippen molar-refractivity contribution in [3.63, 3.8) is 0 Å². The van der Waals surface area contributed by atoms with E-state index in [0.29, 0.717) is 33.5 Å². The summed E-state index contributed by atoms with van der Waals surface area (Å²) in [6.07, 6.45) is 1.33. The summed E-state index contributed by atoms with van der Waals surface area (Å²) in [5, 5.41) is 3.15. The minimum atomic E-state index is -3.76. The van der Waals surface area contributed by atoms with E-state index in [1.54, 1.807) is 50.2 Å². The van der Waals surface area contributed by atoms with Gasteiger partial charge in [-0.15, -0.1) is 0 Å². The van der Waals surface area contributed by atoms with Gasteiger partial charge in [0.15, 0.2) is 11.5 Å². The van der Waals surface area contributed by atoms with E-state index in [2.05, 4.69) is 5.32 Å². The number of halogens is 1. The molecule has 1 N–H and O–H groups in total. The number of hydrogen-bond acceptors (Lipinski definition) is 5. The second-order valence-corrected chi connectivity index (χ2v) is 8.77. The molecule has 9 heteroatoms. The van der Waals surface area contributed by atoms with Gasteiger partial charge in [-0.2, -0.15) is 0 Å². The average Bonchev–Trinajstić information content (AvgIpc) is 2.66. The summed E-state index contributed by atoms with van der Waals surface area (Å²) in [6.45, 7) is 3.51.